The molecular formula is C31H41NO4. The highest BCUT2D eigenvalue weighted by atomic mass is 16.5. The van der Waals surface area contributed by atoms with Crippen LogP contribution in [0.2, 0.25) is 0 Å². The molecule has 0 saturated heterocycles. The average Bonchev–Trinajstić information content (AvgIpc) is 2.77. The Morgan fingerprint density at radius 3 is 1.97 bits per heavy atom. The Balaban J connectivity index is 2.03. The molecule has 0 N–H and O–H groups in total. The summed E-state index contributed by atoms with van der Waals surface area (Å²) < 4.78 is 11.7. The SMILES string of the molecule is C=CCc1cc(C2C3=C(CC(C)(C)CC3=O)N(CC)C3=C2C(=O)CC(C)(C)C3)cc(OC)c1OCC. The van der Waals surface area contributed by atoms with Gasteiger partial charge < -0.3 is 14.4 Å². The number of carbonyl (C=O) groups excluding carboxylic acids is 2. The molecule has 0 amide bonds. The van der Waals surface area contributed by atoms with Crippen molar-refractivity contribution in [2.75, 3.05) is 20.3 Å². The van der Waals surface area contributed by atoms with Gasteiger partial charge in [0.25, 0.3) is 0 Å². The van der Waals surface area contributed by atoms with Crippen LogP contribution in [-0.4, -0.2) is 36.7 Å². The molecule has 0 fully saturated rings. The number of hydrogen-bond acceptors (Lipinski definition) is 5. The van der Waals surface area contributed by atoms with Crippen LogP contribution in [0, 0.1) is 10.8 Å². The van der Waals surface area contributed by atoms with E-state index in [9.17, 15) is 9.59 Å². The third-order valence-corrected chi connectivity index (χ3v) is 7.70. The molecule has 0 spiro atoms. The summed E-state index contributed by atoms with van der Waals surface area (Å²) in [5.41, 5.74) is 5.39. The van der Waals surface area contributed by atoms with E-state index in [1.165, 1.54) is 0 Å². The van der Waals surface area contributed by atoms with E-state index in [1.807, 2.05) is 19.1 Å². The highest BCUT2D eigenvalue weighted by molar-refractivity contribution is 6.06. The van der Waals surface area contributed by atoms with Crippen molar-refractivity contribution in [3.63, 3.8) is 0 Å². The second-order valence-electron chi connectivity index (χ2n) is 11.9. The quantitative estimate of drug-likeness (QED) is 0.406. The summed E-state index contributed by atoms with van der Waals surface area (Å²) in [4.78, 5) is 30.0. The Labute approximate surface area is 216 Å². The lowest BCUT2D eigenvalue weighted by Gasteiger charge is -2.49. The zero-order valence-electron chi connectivity index (χ0n) is 23.0. The summed E-state index contributed by atoms with van der Waals surface area (Å²) >= 11 is 0. The highest BCUT2D eigenvalue weighted by Gasteiger charge is 2.48. The minimum atomic E-state index is -0.391. The van der Waals surface area contributed by atoms with Crippen LogP contribution in [0.25, 0.3) is 0 Å². The van der Waals surface area contributed by atoms with Crippen molar-refractivity contribution in [2.45, 2.75) is 79.6 Å². The van der Waals surface area contributed by atoms with E-state index < -0.39 is 5.92 Å². The van der Waals surface area contributed by atoms with Crippen LogP contribution >= 0.6 is 0 Å². The topological polar surface area (TPSA) is 55.8 Å². The zero-order valence-corrected chi connectivity index (χ0v) is 23.0. The van der Waals surface area contributed by atoms with Gasteiger partial charge in [0.15, 0.2) is 23.1 Å². The van der Waals surface area contributed by atoms with E-state index >= 15 is 0 Å². The molecule has 5 nitrogen and oxygen atoms in total. The molecule has 1 heterocycles. The molecule has 1 aromatic rings. The van der Waals surface area contributed by atoms with E-state index in [4.69, 9.17) is 9.47 Å². The minimum absolute atomic E-state index is 0.120. The predicted molar refractivity (Wildman–Crippen MR) is 143 cm³/mol. The number of hydrogen-bond donors (Lipinski definition) is 0. The van der Waals surface area contributed by atoms with Crippen molar-refractivity contribution in [1.29, 1.82) is 0 Å². The van der Waals surface area contributed by atoms with Crippen LogP contribution in [0.5, 0.6) is 11.5 Å². The summed E-state index contributed by atoms with van der Waals surface area (Å²) in [7, 11) is 1.64. The van der Waals surface area contributed by atoms with Gasteiger partial charge in [-0.15, -0.1) is 6.58 Å². The molecule has 2 aliphatic carbocycles. The summed E-state index contributed by atoms with van der Waals surface area (Å²) in [5, 5.41) is 0. The van der Waals surface area contributed by atoms with Gasteiger partial charge in [0.05, 0.1) is 13.7 Å². The van der Waals surface area contributed by atoms with Crippen molar-refractivity contribution < 1.29 is 19.1 Å². The van der Waals surface area contributed by atoms with Gasteiger partial charge in [-0.3, -0.25) is 9.59 Å². The number of nitrogens with zero attached hydrogens (tertiary/aromatic N) is 1. The molecule has 194 valence electrons. The Kier molecular flexibility index (Phi) is 6.98. The summed E-state index contributed by atoms with van der Waals surface area (Å²) in [6.45, 7) is 17.9. The van der Waals surface area contributed by atoms with Gasteiger partial charge in [-0.1, -0.05) is 39.8 Å². The number of allylic oxidation sites excluding steroid dienone is 5. The van der Waals surface area contributed by atoms with Crippen molar-refractivity contribution in [2.24, 2.45) is 10.8 Å². The monoisotopic (exact) mass is 491 g/mol. The van der Waals surface area contributed by atoms with Gasteiger partial charge in [-0.2, -0.15) is 0 Å². The highest BCUT2D eigenvalue weighted by Crippen LogP contribution is 2.55. The lowest BCUT2D eigenvalue weighted by atomic mass is 9.63. The molecule has 5 heteroatoms. The number of benzene rings is 1. The van der Waals surface area contributed by atoms with Crippen LogP contribution in [0.15, 0.2) is 47.3 Å². The average molecular weight is 492 g/mol. The summed E-state index contributed by atoms with van der Waals surface area (Å²) in [6.07, 6.45) is 5.05. The number of carbonyl (C=O) groups is 2. The third-order valence-electron chi connectivity index (χ3n) is 7.70. The maximum atomic E-state index is 13.8. The fourth-order valence-corrected chi connectivity index (χ4v) is 6.38. The summed E-state index contributed by atoms with van der Waals surface area (Å²) in [5.74, 6) is 1.23. The molecule has 0 aromatic heterocycles. The van der Waals surface area contributed by atoms with Crippen LogP contribution < -0.4 is 9.47 Å². The molecule has 1 aliphatic heterocycles. The number of rotatable bonds is 7. The maximum absolute atomic E-state index is 13.8. The lowest BCUT2D eigenvalue weighted by Crippen LogP contribution is -2.44. The molecule has 4 rings (SSSR count). The maximum Gasteiger partial charge on any atom is 0.164 e. The van der Waals surface area contributed by atoms with E-state index in [2.05, 4.69) is 52.2 Å². The van der Waals surface area contributed by atoms with E-state index in [0.29, 0.717) is 37.4 Å². The van der Waals surface area contributed by atoms with Crippen molar-refractivity contribution in [1.82, 2.24) is 4.90 Å². The van der Waals surface area contributed by atoms with Crippen molar-refractivity contribution in [3.05, 3.63) is 58.5 Å². The predicted octanol–water partition coefficient (Wildman–Crippen LogP) is 6.53. The second kappa shape index (κ2) is 9.57. The van der Waals surface area contributed by atoms with E-state index in [1.54, 1.807) is 7.11 Å². The zero-order chi connectivity index (χ0) is 26.4. The van der Waals surface area contributed by atoms with Crippen molar-refractivity contribution >= 4 is 11.6 Å². The molecule has 36 heavy (non-hydrogen) atoms. The molecule has 0 radical (unpaired) electrons. The van der Waals surface area contributed by atoms with Gasteiger partial charge >= 0.3 is 0 Å². The number of Topliss-reactive ketones (excluding diaryl/α,β-unsaturated/α-hetero) is 2. The summed E-state index contributed by atoms with van der Waals surface area (Å²) in [6, 6.07) is 4.07. The first kappa shape index (κ1) is 26.2. The van der Waals surface area contributed by atoms with Crippen molar-refractivity contribution in [3.8, 4) is 11.5 Å². The van der Waals surface area contributed by atoms with Crippen LogP contribution in [0.1, 0.15) is 84.3 Å². The molecule has 0 unspecified atom stereocenters. The molecule has 0 atom stereocenters. The number of ether oxygens (including phenoxy) is 2. The van der Waals surface area contributed by atoms with E-state index in [-0.39, 0.29) is 22.4 Å². The first-order chi connectivity index (χ1) is 17.0. The first-order valence-electron chi connectivity index (χ1n) is 13.2. The minimum Gasteiger partial charge on any atom is -0.493 e. The Bertz CT molecular complexity index is 1110. The van der Waals surface area contributed by atoms with Crippen LogP contribution in [-0.2, 0) is 16.0 Å². The first-order valence-corrected chi connectivity index (χ1v) is 13.2. The molecule has 1 aromatic carbocycles. The smallest absolute Gasteiger partial charge is 0.164 e. The largest absolute Gasteiger partial charge is 0.493 e. The normalized spacial score (nSPS) is 21.4. The Hall–Kier alpha value is -2.82. The van der Waals surface area contributed by atoms with Gasteiger partial charge in [0.2, 0.25) is 0 Å². The fourth-order valence-electron chi connectivity index (χ4n) is 6.38. The fraction of sp³-hybridized carbons (Fsp3) is 0.548. The van der Waals surface area contributed by atoms with Gasteiger partial charge in [-0.25, -0.2) is 0 Å². The molecule has 0 bridgehead atoms. The van der Waals surface area contributed by atoms with Gasteiger partial charge in [0.1, 0.15) is 0 Å². The Morgan fingerprint density at radius 1 is 0.972 bits per heavy atom. The number of methoxy groups -OCH3 is 1. The van der Waals surface area contributed by atoms with Gasteiger partial charge in [-0.05, 0) is 55.6 Å². The molecule has 0 saturated carbocycles. The lowest BCUT2D eigenvalue weighted by molar-refractivity contribution is -0.119. The molecule has 3 aliphatic rings. The molecular weight excluding hydrogens is 450 g/mol. The number of ketones is 2. The van der Waals surface area contributed by atoms with Crippen LogP contribution in [0.3, 0.4) is 0 Å². The van der Waals surface area contributed by atoms with Crippen LogP contribution in [0.4, 0.5) is 0 Å². The Morgan fingerprint density at radius 2 is 1.53 bits per heavy atom. The standard InChI is InChI=1S/C31H41NO4/c1-9-12-19-13-20(14-25(35-8)29(19)36-11-3)26-27-21(15-30(4,5)17-23(27)33)32(10-2)22-16-31(6,7)18-24(34)28(22)26/h9,13-14,26H,1,10-12,15-18H2,2-8H3. The second-order valence-corrected chi connectivity index (χ2v) is 11.9. The third kappa shape index (κ3) is 4.53. The van der Waals surface area contributed by atoms with E-state index in [0.717, 1.165) is 53.1 Å². The van der Waals surface area contributed by atoms with Gasteiger partial charge in [0, 0.05) is 53.4 Å².